The van der Waals surface area contributed by atoms with Gasteiger partial charge in [-0.3, -0.25) is 4.79 Å². The predicted octanol–water partition coefficient (Wildman–Crippen LogP) is 4.74. The van der Waals surface area contributed by atoms with E-state index in [4.69, 9.17) is 4.74 Å². The Morgan fingerprint density at radius 2 is 1.81 bits per heavy atom. The number of benzene rings is 1. The number of allylic oxidation sites excluding steroid dienone is 3. The molecule has 142 valence electrons. The Morgan fingerprint density at radius 3 is 2.52 bits per heavy atom. The Kier molecular flexibility index (Phi) is 5.39. The van der Waals surface area contributed by atoms with Gasteiger partial charge >= 0.3 is 5.97 Å². The minimum Gasteiger partial charge on any atom is -0.459 e. The van der Waals surface area contributed by atoms with Crippen LogP contribution in [0.5, 0.6) is 0 Å². The van der Waals surface area contributed by atoms with Gasteiger partial charge in [0, 0.05) is 32.9 Å². The molecule has 0 saturated heterocycles. The second kappa shape index (κ2) is 7.78. The van der Waals surface area contributed by atoms with Crippen molar-refractivity contribution >= 4 is 34.3 Å². The molecule has 0 radical (unpaired) electrons. The van der Waals surface area contributed by atoms with Crippen molar-refractivity contribution in [3.8, 4) is 0 Å². The number of hydrogen-bond donors (Lipinski definition) is 1. The van der Waals surface area contributed by atoms with Gasteiger partial charge in [0.2, 0.25) is 0 Å². The Morgan fingerprint density at radius 1 is 1.11 bits per heavy atom. The molecule has 0 amide bonds. The van der Waals surface area contributed by atoms with Crippen molar-refractivity contribution in [2.75, 3.05) is 0 Å². The highest BCUT2D eigenvalue weighted by atomic mass is 127. The van der Waals surface area contributed by atoms with Gasteiger partial charge < -0.3 is 10.1 Å². The zero-order valence-electron chi connectivity index (χ0n) is 15.5. The average Bonchev–Trinajstić information content (AvgIpc) is 3.14. The van der Waals surface area contributed by atoms with Gasteiger partial charge in [-0.2, -0.15) is 0 Å². The quantitative estimate of drug-likeness (QED) is 0.505. The largest absolute Gasteiger partial charge is 0.459 e. The zero-order valence-corrected chi connectivity index (χ0v) is 17.7. The van der Waals surface area contributed by atoms with E-state index in [1.807, 2.05) is 31.2 Å². The van der Waals surface area contributed by atoms with Crippen LogP contribution in [0.3, 0.4) is 0 Å². The molecule has 1 aromatic rings. The highest BCUT2D eigenvalue weighted by Crippen LogP contribution is 2.43. The predicted molar refractivity (Wildman–Crippen MR) is 112 cm³/mol. The summed E-state index contributed by atoms with van der Waals surface area (Å²) in [5.74, 6) is -0.466. The van der Waals surface area contributed by atoms with Crippen molar-refractivity contribution in [1.82, 2.24) is 5.32 Å². The number of ketones is 1. The summed E-state index contributed by atoms with van der Waals surface area (Å²) in [6, 6.07) is 8.11. The number of rotatable bonds is 3. The van der Waals surface area contributed by atoms with Crippen LogP contribution in [0, 0.1) is 3.57 Å². The van der Waals surface area contributed by atoms with Gasteiger partial charge in [-0.05, 0) is 85.7 Å². The smallest absolute Gasteiger partial charge is 0.337 e. The molecule has 4 rings (SSSR count). The Hall–Kier alpha value is -1.63. The van der Waals surface area contributed by atoms with E-state index < -0.39 is 0 Å². The van der Waals surface area contributed by atoms with Crippen molar-refractivity contribution in [2.24, 2.45) is 0 Å². The molecule has 2 aliphatic carbocycles. The third-order valence-corrected chi connectivity index (χ3v) is 6.49. The van der Waals surface area contributed by atoms with Gasteiger partial charge in [-0.25, -0.2) is 4.79 Å². The number of halogens is 1. The molecule has 1 saturated carbocycles. The van der Waals surface area contributed by atoms with E-state index >= 15 is 0 Å². The van der Waals surface area contributed by atoms with Crippen molar-refractivity contribution in [3.05, 3.63) is 55.9 Å². The van der Waals surface area contributed by atoms with E-state index in [1.165, 1.54) is 0 Å². The first kappa shape index (κ1) is 18.7. The summed E-state index contributed by atoms with van der Waals surface area (Å²) in [5.41, 5.74) is 4.13. The molecule has 1 atom stereocenters. The normalized spacial score (nSPS) is 23.3. The van der Waals surface area contributed by atoms with Crippen LogP contribution in [0.2, 0.25) is 0 Å². The Balaban J connectivity index is 1.75. The van der Waals surface area contributed by atoms with Gasteiger partial charge in [0.1, 0.15) is 6.10 Å². The number of Topliss-reactive ketones (excluding diaryl/α,β-unsaturated/α-hetero) is 1. The van der Waals surface area contributed by atoms with Crippen molar-refractivity contribution in [3.63, 3.8) is 0 Å². The average molecular weight is 477 g/mol. The molecule has 5 heteroatoms. The molecular formula is C22H24INO3. The first-order valence-electron chi connectivity index (χ1n) is 9.75. The van der Waals surface area contributed by atoms with E-state index in [0.29, 0.717) is 12.0 Å². The van der Waals surface area contributed by atoms with E-state index in [9.17, 15) is 9.59 Å². The summed E-state index contributed by atoms with van der Waals surface area (Å²) < 4.78 is 6.97. The summed E-state index contributed by atoms with van der Waals surface area (Å²) in [7, 11) is 0. The van der Waals surface area contributed by atoms with Crippen LogP contribution in [0.4, 0.5) is 0 Å². The first-order chi connectivity index (χ1) is 13.0. The molecular weight excluding hydrogens is 453 g/mol. The maximum Gasteiger partial charge on any atom is 0.337 e. The highest BCUT2D eigenvalue weighted by Gasteiger charge is 2.39. The lowest BCUT2D eigenvalue weighted by molar-refractivity contribution is -0.144. The number of carbonyl (C=O) groups excluding carboxylic acids is 2. The van der Waals surface area contributed by atoms with Crippen molar-refractivity contribution in [1.29, 1.82) is 0 Å². The first-order valence-corrected chi connectivity index (χ1v) is 10.8. The number of nitrogens with one attached hydrogen (secondary N) is 1. The third kappa shape index (κ3) is 3.71. The lowest BCUT2D eigenvalue weighted by Crippen LogP contribution is -2.35. The lowest BCUT2D eigenvalue weighted by atomic mass is 9.75. The van der Waals surface area contributed by atoms with Crippen LogP contribution in [0.15, 0.2) is 46.8 Å². The van der Waals surface area contributed by atoms with Crippen LogP contribution < -0.4 is 5.32 Å². The molecule has 1 fully saturated rings. The summed E-state index contributed by atoms with van der Waals surface area (Å²) in [6.07, 6.45) is 6.37. The second-order valence-electron chi connectivity index (χ2n) is 7.63. The van der Waals surface area contributed by atoms with Crippen LogP contribution in [0.1, 0.15) is 63.4 Å². The molecule has 0 aromatic heterocycles. The molecule has 0 bridgehead atoms. The van der Waals surface area contributed by atoms with Gasteiger partial charge in [-0.1, -0.05) is 12.1 Å². The maximum absolute atomic E-state index is 13.1. The standard InChI is InChI=1S/C22H24INO3/c1-13-19(22(26)27-16-5-2-3-6-16)20(14-9-11-15(23)12-10-14)21-17(24-13)7-4-8-18(21)25/h9-12,16,20,24H,2-8H2,1H3. The van der Waals surface area contributed by atoms with Crippen molar-refractivity contribution < 1.29 is 14.3 Å². The number of carbonyl (C=O) groups is 2. The lowest BCUT2D eigenvalue weighted by Gasteiger charge is -2.34. The zero-order chi connectivity index (χ0) is 19.0. The Labute approximate surface area is 173 Å². The number of dihydropyridines is 1. The second-order valence-corrected chi connectivity index (χ2v) is 8.87. The van der Waals surface area contributed by atoms with E-state index in [0.717, 1.165) is 64.6 Å². The topological polar surface area (TPSA) is 55.4 Å². The minimum absolute atomic E-state index is 0.00704. The number of ether oxygens (including phenoxy) is 1. The number of hydrogen-bond acceptors (Lipinski definition) is 4. The van der Waals surface area contributed by atoms with Gasteiger partial charge in [-0.15, -0.1) is 0 Å². The Bertz CT molecular complexity index is 832. The molecule has 1 unspecified atom stereocenters. The molecule has 1 heterocycles. The summed E-state index contributed by atoms with van der Waals surface area (Å²) in [4.78, 5) is 26.0. The fourth-order valence-corrected chi connectivity index (χ4v) is 4.82. The summed E-state index contributed by atoms with van der Waals surface area (Å²) in [6.45, 7) is 1.92. The molecule has 0 spiro atoms. The third-order valence-electron chi connectivity index (χ3n) is 5.78. The fraction of sp³-hybridized carbons (Fsp3) is 0.455. The molecule has 1 aliphatic heterocycles. The molecule has 27 heavy (non-hydrogen) atoms. The number of esters is 1. The van der Waals surface area contributed by atoms with E-state index in [2.05, 4.69) is 27.9 Å². The van der Waals surface area contributed by atoms with Crippen molar-refractivity contribution in [2.45, 2.75) is 63.9 Å². The monoisotopic (exact) mass is 477 g/mol. The van der Waals surface area contributed by atoms with Gasteiger partial charge in [0.25, 0.3) is 0 Å². The van der Waals surface area contributed by atoms with E-state index in [1.54, 1.807) is 0 Å². The van der Waals surface area contributed by atoms with Gasteiger partial charge in [0.15, 0.2) is 5.78 Å². The maximum atomic E-state index is 13.1. The molecule has 4 nitrogen and oxygen atoms in total. The SMILES string of the molecule is CC1=C(C(=O)OC2CCCC2)C(c2ccc(I)cc2)C2=C(CCCC2=O)N1. The van der Waals surface area contributed by atoms with Crippen LogP contribution in [-0.2, 0) is 14.3 Å². The molecule has 3 aliphatic rings. The minimum atomic E-state index is -0.333. The van der Waals surface area contributed by atoms with Crippen LogP contribution in [-0.4, -0.2) is 17.9 Å². The highest BCUT2D eigenvalue weighted by molar-refractivity contribution is 14.1. The van der Waals surface area contributed by atoms with Crippen LogP contribution >= 0.6 is 22.6 Å². The summed E-state index contributed by atoms with van der Waals surface area (Å²) >= 11 is 2.27. The van der Waals surface area contributed by atoms with Gasteiger partial charge in [0.05, 0.1) is 5.57 Å². The molecule has 1 N–H and O–H groups in total. The molecule has 1 aromatic carbocycles. The van der Waals surface area contributed by atoms with Crippen LogP contribution in [0.25, 0.3) is 0 Å². The van der Waals surface area contributed by atoms with E-state index in [-0.39, 0.29) is 23.8 Å². The summed E-state index contributed by atoms with van der Waals surface area (Å²) in [5, 5.41) is 3.35. The fourth-order valence-electron chi connectivity index (χ4n) is 4.46.